The minimum Gasteiger partial charge on any atom is -0.336 e. The minimum atomic E-state index is -1.15. The van der Waals surface area contributed by atoms with Crippen LogP contribution in [0.1, 0.15) is 28.8 Å². The molecule has 0 aromatic heterocycles. The lowest BCUT2D eigenvalue weighted by molar-refractivity contribution is -0.133. The van der Waals surface area contributed by atoms with E-state index in [-0.39, 0.29) is 24.6 Å². The number of benzene rings is 2. The molecule has 1 unspecified atom stereocenters. The zero-order chi connectivity index (χ0) is 19.7. The zero-order valence-corrected chi connectivity index (χ0v) is 15.2. The Morgan fingerprint density at radius 2 is 1.79 bits per heavy atom. The van der Waals surface area contributed by atoms with Gasteiger partial charge in [0.15, 0.2) is 0 Å². The predicted molar refractivity (Wildman–Crippen MR) is 99.8 cm³/mol. The molecule has 0 radical (unpaired) electrons. The van der Waals surface area contributed by atoms with Crippen LogP contribution < -0.4 is 5.32 Å². The molecule has 2 aliphatic rings. The maximum Gasteiger partial charge on any atom is 0.325 e. The number of nitrogens with one attached hydrogen (secondary N) is 1. The summed E-state index contributed by atoms with van der Waals surface area (Å²) in [6.07, 6.45) is 0.995. The van der Waals surface area contributed by atoms with Crippen molar-refractivity contribution in [2.45, 2.75) is 24.9 Å². The lowest BCUT2D eigenvalue weighted by atomic mass is 9.88. The second kappa shape index (κ2) is 7.07. The van der Waals surface area contributed by atoms with Crippen LogP contribution in [0.3, 0.4) is 0 Å². The summed E-state index contributed by atoms with van der Waals surface area (Å²) < 4.78 is 14.0. The lowest BCUT2D eigenvalue weighted by Crippen LogP contribution is -2.59. The Morgan fingerprint density at radius 1 is 1.07 bits per heavy atom. The van der Waals surface area contributed by atoms with E-state index in [1.165, 1.54) is 28.0 Å². The Hall–Kier alpha value is -3.22. The number of nitrogens with zero attached hydrogens (tertiary/aromatic N) is 2. The predicted octanol–water partition coefficient (Wildman–Crippen LogP) is 2.55. The first kappa shape index (κ1) is 18.2. The maximum atomic E-state index is 14.0. The largest absolute Gasteiger partial charge is 0.336 e. The van der Waals surface area contributed by atoms with Crippen LogP contribution in [0.4, 0.5) is 9.18 Å². The number of rotatable bonds is 3. The summed E-state index contributed by atoms with van der Waals surface area (Å²) in [5.74, 6) is -1.41. The molecular weight excluding hydrogens is 361 g/mol. The molecule has 144 valence electrons. The van der Waals surface area contributed by atoms with Crippen molar-refractivity contribution in [1.29, 1.82) is 0 Å². The van der Waals surface area contributed by atoms with E-state index < -0.39 is 23.3 Å². The third-order valence-corrected chi connectivity index (χ3v) is 5.31. The molecule has 0 saturated carbocycles. The number of amides is 4. The number of hydrogen-bond donors (Lipinski definition) is 1. The highest BCUT2D eigenvalue weighted by molar-refractivity contribution is 6.07. The lowest BCUT2D eigenvalue weighted by Gasteiger charge is -2.38. The fourth-order valence-electron chi connectivity index (χ4n) is 3.90. The molecule has 7 heteroatoms. The SMILES string of the molecule is O=C(c1ccccc1F)N1CCCC2(C1)NC(=O)N(Cc1ccccc1)C2=O. The van der Waals surface area contributed by atoms with Crippen molar-refractivity contribution in [1.82, 2.24) is 15.1 Å². The van der Waals surface area contributed by atoms with Crippen LogP contribution in [0.5, 0.6) is 0 Å². The van der Waals surface area contributed by atoms with Crippen molar-refractivity contribution < 1.29 is 18.8 Å². The average molecular weight is 381 g/mol. The van der Waals surface area contributed by atoms with Crippen molar-refractivity contribution >= 4 is 17.8 Å². The standard InChI is InChI=1S/C21H20FN3O3/c22-17-10-5-4-9-16(17)18(26)24-12-6-11-21(14-24)19(27)25(20(28)23-21)13-15-7-2-1-3-8-15/h1-5,7-10H,6,11-14H2,(H,23,28). The molecule has 2 aliphatic heterocycles. The smallest absolute Gasteiger partial charge is 0.325 e. The number of hydrogen-bond acceptors (Lipinski definition) is 3. The number of halogens is 1. The van der Waals surface area contributed by atoms with Crippen molar-refractivity contribution in [3.63, 3.8) is 0 Å². The van der Waals surface area contributed by atoms with Gasteiger partial charge in [0.05, 0.1) is 18.7 Å². The highest BCUT2D eigenvalue weighted by atomic mass is 19.1. The van der Waals surface area contributed by atoms with Crippen molar-refractivity contribution in [2.75, 3.05) is 13.1 Å². The molecule has 2 saturated heterocycles. The van der Waals surface area contributed by atoms with Crippen LogP contribution in [-0.2, 0) is 11.3 Å². The number of imide groups is 1. The van der Waals surface area contributed by atoms with Crippen LogP contribution in [0, 0.1) is 5.82 Å². The number of carbonyl (C=O) groups excluding carboxylic acids is 3. The molecule has 4 rings (SSSR count). The first-order chi connectivity index (χ1) is 13.5. The van der Waals surface area contributed by atoms with E-state index >= 15 is 0 Å². The van der Waals surface area contributed by atoms with Gasteiger partial charge >= 0.3 is 6.03 Å². The minimum absolute atomic E-state index is 0.0301. The Balaban J connectivity index is 1.55. The van der Waals surface area contributed by atoms with E-state index in [0.717, 1.165) is 5.56 Å². The number of urea groups is 1. The summed E-state index contributed by atoms with van der Waals surface area (Å²) >= 11 is 0. The topological polar surface area (TPSA) is 69.7 Å². The van der Waals surface area contributed by atoms with Gasteiger partial charge in [-0.05, 0) is 30.5 Å². The van der Waals surface area contributed by atoms with Crippen LogP contribution in [0.25, 0.3) is 0 Å². The van der Waals surface area contributed by atoms with E-state index in [0.29, 0.717) is 19.4 Å². The Morgan fingerprint density at radius 3 is 2.54 bits per heavy atom. The van der Waals surface area contributed by atoms with Gasteiger partial charge in [0.2, 0.25) is 0 Å². The molecule has 1 spiro atoms. The van der Waals surface area contributed by atoms with Crippen molar-refractivity contribution in [3.8, 4) is 0 Å². The fraction of sp³-hybridized carbons (Fsp3) is 0.286. The first-order valence-electron chi connectivity index (χ1n) is 9.22. The number of piperidine rings is 1. The van der Waals surface area contributed by atoms with Gasteiger partial charge in [-0.1, -0.05) is 42.5 Å². The molecule has 0 bridgehead atoms. The summed E-state index contributed by atoms with van der Waals surface area (Å²) in [5.41, 5.74) is -0.332. The van der Waals surface area contributed by atoms with Gasteiger partial charge in [-0.3, -0.25) is 14.5 Å². The van der Waals surface area contributed by atoms with E-state index in [2.05, 4.69) is 5.32 Å². The molecule has 28 heavy (non-hydrogen) atoms. The Bertz CT molecular complexity index is 934. The summed E-state index contributed by atoms with van der Waals surface area (Å²) in [6.45, 7) is 0.626. The summed E-state index contributed by atoms with van der Waals surface area (Å²) in [7, 11) is 0. The van der Waals surface area contributed by atoms with Crippen LogP contribution in [-0.4, -0.2) is 46.3 Å². The third kappa shape index (κ3) is 3.13. The Kier molecular flexibility index (Phi) is 4.58. The molecular formula is C21H20FN3O3. The maximum absolute atomic E-state index is 14.0. The van der Waals surface area contributed by atoms with E-state index in [1.54, 1.807) is 6.07 Å². The third-order valence-electron chi connectivity index (χ3n) is 5.31. The average Bonchev–Trinajstić information content (AvgIpc) is 2.92. The monoisotopic (exact) mass is 381 g/mol. The second-order valence-electron chi connectivity index (χ2n) is 7.20. The van der Waals surface area contributed by atoms with E-state index in [1.807, 2.05) is 30.3 Å². The van der Waals surface area contributed by atoms with Gasteiger partial charge in [-0.15, -0.1) is 0 Å². The molecule has 0 aliphatic carbocycles. The zero-order valence-electron chi connectivity index (χ0n) is 15.2. The van der Waals surface area contributed by atoms with E-state index in [9.17, 15) is 18.8 Å². The van der Waals surface area contributed by atoms with Gasteiger partial charge in [0.1, 0.15) is 11.4 Å². The first-order valence-corrected chi connectivity index (χ1v) is 9.22. The summed E-state index contributed by atoms with van der Waals surface area (Å²) in [6, 6.07) is 14.6. The van der Waals surface area contributed by atoms with Gasteiger partial charge in [-0.2, -0.15) is 0 Å². The van der Waals surface area contributed by atoms with Crippen LogP contribution >= 0.6 is 0 Å². The van der Waals surface area contributed by atoms with Gasteiger partial charge in [-0.25, -0.2) is 9.18 Å². The molecule has 2 aromatic carbocycles. The van der Waals surface area contributed by atoms with Crippen molar-refractivity contribution in [2.24, 2.45) is 0 Å². The molecule has 1 atom stereocenters. The fourth-order valence-corrected chi connectivity index (χ4v) is 3.90. The quantitative estimate of drug-likeness (QED) is 0.831. The summed E-state index contributed by atoms with van der Waals surface area (Å²) in [4.78, 5) is 41.0. The Labute approximate surface area is 161 Å². The highest BCUT2D eigenvalue weighted by Crippen LogP contribution is 2.30. The molecule has 1 N–H and O–H groups in total. The number of likely N-dealkylation sites (tertiary alicyclic amines) is 1. The van der Waals surface area contributed by atoms with Gasteiger partial charge in [0, 0.05) is 6.54 Å². The number of carbonyl (C=O) groups is 3. The van der Waals surface area contributed by atoms with Crippen LogP contribution in [0.2, 0.25) is 0 Å². The molecule has 2 heterocycles. The van der Waals surface area contributed by atoms with Crippen molar-refractivity contribution in [3.05, 3.63) is 71.5 Å². The van der Waals surface area contributed by atoms with Gasteiger partial charge in [0.25, 0.3) is 11.8 Å². The van der Waals surface area contributed by atoms with E-state index in [4.69, 9.17) is 0 Å². The molecule has 2 aromatic rings. The second-order valence-corrected chi connectivity index (χ2v) is 7.20. The molecule has 4 amide bonds. The highest BCUT2D eigenvalue weighted by Gasteiger charge is 2.53. The molecule has 6 nitrogen and oxygen atoms in total. The van der Waals surface area contributed by atoms with Gasteiger partial charge < -0.3 is 10.2 Å². The normalized spacial score (nSPS) is 21.9. The molecule has 2 fully saturated rings. The van der Waals surface area contributed by atoms with Crippen LogP contribution in [0.15, 0.2) is 54.6 Å². The summed E-state index contributed by atoms with van der Waals surface area (Å²) in [5, 5.41) is 2.79.